The van der Waals surface area contributed by atoms with Crippen molar-refractivity contribution in [3.8, 4) is 0 Å². The third kappa shape index (κ3) is 5.15. The Balaban J connectivity index is 1.90. The number of sulfonamides is 1. The van der Waals surface area contributed by atoms with E-state index in [0.29, 0.717) is 6.07 Å². The maximum Gasteiger partial charge on any atom is 0.258 e. The van der Waals surface area contributed by atoms with Crippen LogP contribution in [-0.2, 0) is 16.6 Å². The van der Waals surface area contributed by atoms with Gasteiger partial charge in [0.1, 0.15) is 11.6 Å². The predicted molar refractivity (Wildman–Crippen MR) is 114 cm³/mol. The average molecular weight is 513 g/mol. The summed E-state index contributed by atoms with van der Waals surface area (Å²) in [6.07, 6.45) is 0. The molecule has 0 fully saturated rings. The molecule has 3 aromatic rings. The average Bonchev–Trinajstić information content (AvgIpc) is 2.71. The van der Waals surface area contributed by atoms with E-state index in [9.17, 15) is 26.4 Å². The Morgan fingerprint density at radius 2 is 1.68 bits per heavy atom. The minimum Gasteiger partial charge on any atom is -0.318 e. The summed E-state index contributed by atoms with van der Waals surface area (Å²) >= 11 is 2.92. The number of anilines is 1. The normalized spacial score (nSPS) is 11.5. The molecule has 0 saturated carbocycles. The van der Waals surface area contributed by atoms with Gasteiger partial charge in [0.05, 0.1) is 16.1 Å². The van der Waals surface area contributed by atoms with Crippen molar-refractivity contribution in [2.75, 3.05) is 12.4 Å². The van der Waals surface area contributed by atoms with E-state index in [1.54, 1.807) is 30.3 Å². The monoisotopic (exact) mass is 512 g/mol. The fourth-order valence-electron chi connectivity index (χ4n) is 2.79. The SMILES string of the molecule is CN(Cc1ccccc1)S(=O)(=O)c1ccc(F)c(C(=O)Nc2c(F)cc(F)cc2Br)c1. The van der Waals surface area contributed by atoms with Gasteiger partial charge in [0.2, 0.25) is 10.0 Å². The summed E-state index contributed by atoms with van der Waals surface area (Å²) in [5.41, 5.74) is -0.268. The van der Waals surface area contributed by atoms with Gasteiger partial charge in [-0.1, -0.05) is 30.3 Å². The molecule has 1 amide bonds. The highest BCUT2D eigenvalue weighted by atomic mass is 79.9. The second-order valence-corrected chi connectivity index (χ2v) is 9.49. The number of hydrogen-bond donors (Lipinski definition) is 1. The van der Waals surface area contributed by atoms with Crippen LogP contribution < -0.4 is 5.32 Å². The molecule has 162 valence electrons. The van der Waals surface area contributed by atoms with E-state index in [4.69, 9.17) is 0 Å². The van der Waals surface area contributed by atoms with Crippen LogP contribution in [0.5, 0.6) is 0 Å². The van der Waals surface area contributed by atoms with Gasteiger partial charge in [0, 0.05) is 24.1 Å². The second kappa shape index (κ2) is 9.21. The van der Waals surface area contributed by atoms with Crippen molar-refractivity contribution >= 4 is 37.5 Å². The number of nitrogens with zero attached hydrogens (tertiary/aromatic N) is 1. The molecule has 0 aliphatic rings. The molecule has 3 aromatic carbocycles. The standard InChI is InChI=1S/C21H16BrF3N2O3S/c1-27(12-13-5-3-2-4-6-13)31(29,30)15-7-8-18(24)16(11-15)21(28)26-20-17(22)9-14(23)10-19(20)25/h2-11H,12H2,1H3,(H,26,28). The van der Waals surface area contributed by atoms with Gasteiger partial charge in [-0.2, -0.15) is 4.31 Å². The van der Waals surface area contributed by atoms with Crippen molar-refractivity contribution in [1.82, 2.24) is 4.31 Å². The maximum atomic E-state index is 14.3. The molecule has 0 radical (unpaired) electrons. The van der Waals surface area contributed by atoms with Crippen molar-refractivity contribution in [2.45, 2.75) is 11.4 Å². The molecule has 5 nitrogen and oxygen atoms in total. The lowest BCUT2D eigenvalue weighted by Gasteiger charge is -2.18. The molecule has 0 saturated heterocycles. The molecule has 1 N–H and O–H groups in total. The lowest BCUT2D eigenvalue weighted by atomic mass is 10.2. The summed E-state index contributed by atoms with van der Waals surface area (Å²) < 4.78 is 68.3. The van der Waals surface area contributed by atoms with Gasteiger partial charge < -0.3 is 5.32 Å². The minimum absolute atomic E-state index is 0.0653. The van der Waals surface area contributed by atoms with Gasteiger partial charge in [-0.25, -0.2) is 21.6 Å². The van der Waals surface area contributed by atoms with E-state index in [0.717, 1.165) is 34.1 Å². The Kier molecular flexibility index (Phi) is 6.83. The van der Waals surface area contributed by atoms with Crippen LogP contribution >= 0.6 is 15.9 Å². The lowest BCUT2D eigenvalue weighted by Crippen LogP contribution is -2.27. The first-order valence-electron chi connectivity index (χ1n) is 8.85. The van der Waals surface area contributed by atoms with Crippen molar-refractivity contribution in [2.24, 2.45) is 0 Å². The smallest absolute Gasteiger partial charge is 0.258 e. The van der Waals surface area contributed by atoms with Crippen molar-refractivity contribution in [3.63, 3.8) is 0 Å². The summed E-state index contributed by atoms with van der Waals surface area (Å²) in [4.78, 5) is 12.2. The van der Waals surface area contributed by atoms with Gasteiger partial charge >= 0.3 is 0 Å². The number of benzene rings is 3. The topological polar surface area (TPSA) is 66.5 Å². The van der Waals surface area contributed by atoms with Gasteiger partial charge in [0.15, 0.2) is 5.82 Å². The number of amides is 1. The molecule has 31 heavy (non-hydrogen) atoms. The van der Waals surface area contributed by atoms with Crippen LogP contribution in [0.1, 0.15) is 15.9 Å². The van der Waals surface area contributed by atoms with E-state index in [1.165, 1.54) is 7.05 Å². The highest BCUT2D eigenvalue weighted by Crippen LogP contribution is 2.28. The molecule has 0 bridgehead atoms. The first-order chi connectivity index (χ1) is 14.6. The number of carbonyl (C=O) groups is 1. The highest BCUT2D eigenvalue weighted by Gasteiger charge is 2.24. The van der Waals surface area contributed by atoms with Crippen LogP contribution in [0, 0.1) is 17.5 Å². The summed E-state index contributed by atoms with van der Waals surface area (Å²) in [7, 11) is -2.69. The fraction of sp³-hybridized carbons (Fsp3) is 0.0952. The zero-order valence-electron chi connectivity index (χ0n) is 16.1. The summed E-state index contributed by atoms with van der Waals surface area (Å²) in [5.74, 6) is -4.04. The van der Waals surface area contributed by atoms with E-state index in [2.05, 4.69) is 21.2 Å². The zero-order valence-corrected chi connectivity index (χ0v) is 18.5. The summed E-state index contributed by atoms with van der Waals surface area (Å²) in [6, 6.07) is 13.1. The van der Waals surface area contributed by atoms with E-state index in [1.807, 2.05) is 0 Å². The Bertz CT molecular complexity index is 1210. The third-order valence-electron chi connectivity index (χ3n) is 4.38. The quantitative estimate of drug-likeness (QED) is 0.508. The van der Waals surface area contributed by atoms with Crippen LogP contribution in [0.15, 0.2) is 70.0 Å². The largest absolute Gasteiger partial charge is 0.318 e. The van der Waals surface area contributed by atoms with E-state index in [-0.39, 0.29) is 15.9 Å². The molecule has 0 heterocycles. The number of carbonyl (C=O) groups excluding carboxylic acids is 1. The van der Waals surface area contributed by atoms with Crippen LogP contribution in [0.25, 0.3) is 0 Å². The van der Waals surface area contributed by atoms with Crippen molar-refractivity contribution < 1.29 is 26.4 Å². The van der Waals surface area contributed by atoms with Gasteiger partial charge in [-0.05, 0) is 45.8 Å². The molecule has 0 aromatic heterocycles. The van der Waals surface area contributed by atoms with Crippen LogP contribution in [0.3, 0.4) is 0 Å². The zero-order chi connectivity index (χ0) is 22.8. The molecule has 0 aliphatic heterocycles. The van der Waals surface area contributed by atoms with Crippen LogP contribution in [0.4, 0.5) is 18.9 Å². The Morgan fingerprint density at radius 1 is 1.00 bits per heavy atom. The van der Waals surface area contributed by atoms with Crippen LogP contribution in [-0.4, -0.2) is 25.7 Å². The second-order valence-electron chi connectivity index (χ2n) is 6.59. The molecule has 0 atom stereocenters. The number of rotatable bonds is 6. The minimum atomic E-state index is -4.05. The van der Waals surface area contributed by atoms with Gasteiger partial charge in [-0.15, -0.1) is 0 Å². The molecular weight excluding hydrogens is 497 g/mol. The fourth-order valence-corrected chi connectivity index (χ4v) is 4.48. The van der Waals surface area contributed by atoms with E-state index < -0.39 is 44.6 Å². The Morgan fingerprint density at radius 3 is 2.32 bits per heavy atom. The van der Waals surface area contributed by atoms with Crippen molar-refractivity contribution in [3.05, 3.63) is 93.7 Å². The molecule has 0 aliphatic carbocycles. The molecule has 0 unspecified atom stereocenters. The molecular formula is C21H16BrF3N2O3S. The summed E-state index contributed by atoms with van der Waals surface area (Å²) in [6.45, 7) is 0.0653. The number of halogens is 4. The lowest BCUT2D eigenvalue weighted by molar-refractivity contribution is 0.102. The molecule has 0 spiro atoms. The number of nitrogens with one attached hydrogen (secondary N) is 1. The molecule has 10 heteroatoms. The highest BCUT2D eigenvalue weighted by molar-refractivity contribution is 9.10. The first kappa shape index (κ1) is 23.0. The first-order valence-corrected chi connectivity index (χ1v) is 11.1. The van der Waals surface area contributed by atoms with Crippen molar-refractivity contribution in [1.29, 1.82) is 0 Å². The predicted octanol–water partition coefficient (Wildman–Crippen LogP) is 4.94. The molecule has 3 rings (SSSR count). The van der Waals surface area contributed by atoms with Crippen LogP contribution in [0.2, 0.25) is 0 Å². The maximum absolute atomic E-state index is 14.3. The third-order valence-corrected chi connectivity index (χ3v) is 6.81. The van der Waals surface area contributed by atoms with Gasteiger partial charge in [-0.3, -0.25) is 4.79 Å². The Hall–Kier alpha value is -2.69. The summed E-state index contributed by atoms with van der Waals surface area (Å²) in [5, 5.41) is 2.13. The van der Waals surface area contributed by atoms with E-state index >= 15 is 0 Å². The van der Waals surface area contributed by atoms with Gasteiger partial charge in [0.25, 0.3) is 5.91 Å². The number of hydrogen-bond acceptors (Lipinski definition) is 3. The Labute approximate surface area is 185 Å².